The lowest BCUT2D eigenvalue weighted by Crippen LogP contribution is -2.39. The molecule has 0 unspecified atom stereocenters. The number of piperidine rings is 1. The molecule has 0 radical (unpaired) electrons. The minimum absolute atomic E-state index is 0.252. The summed E-state index contributed by atoms with van der Waals surface area (Å²) in [5, 5.41) is 3.53. The van der Waals surface area contributed by atoms with Crippen LogP contribution in [-0.4, -0.2) is 17.6 Å². The largest absolute Gasteiger partial charge is 0.310 e. The van der Waals surface area contributed by atoms with E-state index in [4.69, 9.17) is 0 Å². The Bertz CT molecular complexity index is 428. The third-order valence-electron chi connectivity index (χ3n) is 3.60. The average molecular weight is 218 g/mol. The molecule has 2 atom stereocenters. The molecule has 2 aliphatic rings. The maximum absolute atomic E-state index is 13.1. The molecule has 0 amide bonds. The predicted octanol–water partition coefficient (Wildman–Crippen LogP) is 2.38. The van der Waals surface area contributed by atoms with Gasteiger partial charge in [-0.1, -0.05) is 6.08 Å². The minimum Gasteiger partial charge on any atom is -0.310 e. The molecule has 1 aromatic rings. The van der Waals surface area contributed by atoms with Crippen LogP contribution in [0.15, 0.2) is 24.5 Å². The van der Waals surface area contributed by atoms with E-state index < -0.39 is 0 Å². The van der Waals surface area contributed by atoms with Gasteiger partial charge in [-0.15, -0.1) is 0 Å². The zero-order valence-corrected chi connectivity index (χ0v) is 9.12. The first-order valence-electron chi connectivity index (χ1n) is 5.89. The van der Waals surface area contributed by atoms with Gasteiger partial charge in [0.2, 0.25) is 0 Å². The van der Waals surface area contributed by atoms with E-state index in [1.165, 1.54) is 24.6 Å². The highest BCUT2D eigenvalue weighted by molar-refractivity contribution is 5.71. The number of fused-ring (bicyclic) bond motifs is 1. The van der Waals surface area contributed by atoms with E-state index >= 15 is 0 Å². The van der Waals surface area contributed by atoms with E-state index in [-0.39, 0.29) is 5.82 Å². The van der Waals surface area contributed by atoms with Gasteiger partial charge in [-0.3, -0.25) is 4.98 Å². The Labute approximate surface area is 94.6 Å². The van der Waals surface area contributed by atoms with E-state index in [2.05, 4.69) is 16.4 Å². The predicted molar refractivity (Wildman–Crippen MR) is 61.3 cm³/mol. The SMILES string of the molecule is Fc1cncc(C2=CC[C@@H]3CCCN[C@H]23)c1. The van der Waals surface area contributed by atoms with Crippen LogP contribution in [0.3, 0.4) is 0 Å². The van der Waals surface area contributed by atoms with Crippen molar-refractivity contribution >= 4 is 5.57 Å². The van der Waals surface area contributed by atoms with Crippen molar-refractivity contribution in [2.45, 2.75) is 25.3 Å². The first-order valence-corrected chi connectivity index (χ1v) is 5.89. The van der Waals surface area contributed by atoms with Crippen molar-refractivity contribution in [3.63, 3.8) is 0 Å². The molecule has 16 heavy (non-hydrogen) atoms. The molecule has 3 heteroatoms. The summed E-state index contributed by atoms with van der Waals surface area (Å²) in [7, 11) is 0. The molecule has 2 nitrogen and oxygen atoms in total. The van der Waals surface area contributed by atoms with E-state index in [0.29, 0.717) is 12.0 Å². The fraction of sp³-hybridized carbons (Fsp3) is 0.462. The third-order valence-corrected chi connectivity index (χ3v) is 3.60. The smallest absolute Gasteiger partial charge is 0.142 e. The van der Waals surface area contributed by atoms with Crippen LogP contribution >= 0.6 is 0 Å². The number of hydrogen-bond acceptors (Lipinski definition) is 2. The summed E-state index contributed by atoms with van der Waals surface area (Å²) >= 11 is 0. The molecule has 2 heterocycles. The Hall–Kier alpha value is -1.22. The Balaban J connectivity index is 1.90. The van der Waals surface area contributed by atoms with Crippen LogP contribution in [0.25, 0.3) is 5.57 Å². The number of nitrogens with zero attached hydrogens (tertiary/aromatic N) is 1. The lowest BCUT2D eigenvalue weighted by molar-refractivity contribution is 0.346. The second-order valence-electron chi connectivity index (χ2n) is 4.62. The third kappa shape index (κ3) is 1.65. The number of allylic oxidation sites excluding steroid dienone is 1. The van der Waals surface area contributed by atoms with Crippen LogP contribution in [0.1, 0.15) is 24.8 Å². The highest BCUT2D eigenvalue weighted by Crippen LogP contribution is 2.36. The Morgan fingerprint density at radius 2 is 2.31 bits per heavy atom. The van der Waals surface area contributed by atoms with Crippen molar-refractivity contribution in [1.29, 1.82) is 0 Å². The summed E-state index contributed by atoms with van der Waals surface area (Å²) in [6, 6.07) is 2.00. The lowest BCUT2D eigenvalue weighted by Gasteiger charge is -2.29. The first kappa shape index (κ1) is 9.97. The molecule has 0 saturated carbocycles. The highest BCUT2D eigenvalue weighted by Gasteiger charge is 2.32. The van der Waals surface area contributed by atoms with Gasteiger partial charge in [0.05, 0.1) is 6.20 Å². The Morgan fingerprint density at radius 1 is 1.38 bits per heavy atom. The van der Waals surface area contributed by atoms with Crippen molar-refractivity contribution in [3.05, 3.63) is 35.9 Å². The second kappa shape index (κ2) is 3.98. The summed E-state index contributed by atoms with van der Waals surface area (Å²) in [6.45, 7) is 1.07. The molecule has 1 aromatic heterocycles. The molecular formula is C13H15FN2. The fourth-order valence-electron chi connectivity index (χ4n) is 2.85. The van der Waals surface area contributed by atoms with Crippen molar-refractivity contribution in [2.24, 2.45) is 5.92 Å². The topological polar surface area (TPSA) is 24.9 Å². The maximum atomic E-state index is 13.1. The lowest BCUT2D eigenvalue weighted by atomic mass is 9.89. The second-order valence-corrected chi connectivity index (χ2v) is 4.62. The van der Waals surface area contributed by atoms with E-state index in [1.807, 2.05) is 0 Å². The summed E-state index contributed by atoms with van der Waals surface area (Å²) < 4.78 is 13.1. The highest BCUT2D eigenvalue weighted by atomic mass is 19.1. The normalized spacial score (nSPS) is 28.7. The van der Waals surface area contributed by atoms with Gasteiger partial charge in [0, 0.05) is 17.8 Å². The number of hydrogen-bond donors (Lipinski definition) is 1. The van der Waals surface area contributed by atoms with E-state index in [9.17, 15) is 4.39 Å². The summed E-state index contributed by atoms with van der Waals surface area (Å²) in [4.78, 5) is 3.92. The van der Waals surface area contributed by atoms with Gasteiger partial charge in [-0.2, -0.15) is 0 Å². The molecule has 0 bridgehead atoms. The van der Waals surface area contributed by atoms with Crippen molar-refractivity contribution in [1.82, 2.24) is 10.3 Å². The molecule has 1 aliphatic carbocycles. The molecule has 84 valence electrons. The maximum Gasteiger partial charge on any atom is 0.142 e. The number of nitrogens with one attached hydrogen (secondary N) is 1. The number of halogens is 1. The summed E-state index contributed by atoms with van der Waals surface area (Å²) in [5.74, 6) is 0.449. The minimum atomic E-state index is -0.252. The molecule has 0 spiro atoms. The van der Waals surface area contributed by atoms with Crippen LogP contribution in [0, 0.1) is 11.7 Å². The van der Waals surface area contributed by atoms with Crippen LogP contribution in [-0.2, 0) is 0 Å². The van der Waals surface area contributed by atoms with Crippen LogP contribution in [0.4, 0.5) is 4.39 Å². The van der Waals surface area contributed by atoms with Gasteiger partial charge in [0.15, 0.2) is 0 Å². The van der Waals surface area contributed by atoms with Crippen LogP contribution < -0.4 is 5.32 Å². The monoisotopic (exact) mass is 218 g/mol. The van der Waals surface area contributed by atoms with Crippen molar-refractivity contribution < 1.29 is 4.39 Å². The zero-order valence-electron chi connectivity index (χ0n) is 9.12. The quantitative estimate of drug-likeness (QED) is 0.782. The van der Waals surface area contributed by atoms with Crippen LogP contribution in [0.5, 0.6) is 0 Å². The van der Waals surface area contributed by atoms with Gasteiger partial charge >= 0.3 is 0 Å². The molecule has 1 N–H and O–H groups in total. The fourth-order valence-corrected chi connectivity index (χ4v) is 2.85. The molecule has 3 rings (SSSR count). The number of pyridine rings is 1. The molecular weight excluding hydrogens is 203 g/mol. The molecule has 0 aromatic carbocycles. The number of aromatic nitrogens is 1. The van der Waals surface area contributed by atoms with E-state index in [0.717, 1.165) is 18.5 Å². The van der Waals surface area contributed by atoms with Crippen molar-refractivity contribution in [2.75, 3.05) is 6.54 Å². The Kier molecular flexibility index (Phi) is 2.48. The van der Waals surface area contributed by atoms with Crippen molar-refractivity contribution in [3.8, 4) is 0 Å². The van der Waals surface area contributed by atoms with E-state index in [1.54, 1.807) is 12.3 Å². The first-order chi connectivity index (χ1) is 7.84. The summed E-state index contributed by atoms with van der Waals surface area (Å²) in [5.41, 5.74) is 2.17. The average Bonchev–Trinajstić information content (AvgIpc) is 2.72. The molecule has 1 saturated heterocycles. The van der Waals surface area contributed by atoms with Crippen LogP contribution in [0.2, 0.25) is 0 Å². The van der Waals surface area contributed by atoms with Gasteiger partial charge in [-0.25, -0.2) is 4.39 Å². The zero-order chi connectivity index (χ0) is 11.0. The molecule has 1 fully saturated rings. The molecule has 1 aliphatic heterocycles. The number of rotatable bonds is 1. The van der Waals surface area contributed by atoms with Gasteiger partial charge in [0.25, 0.3) is 0 Å². The Morgan fingerprint density at radius 3 is 3.19 bits per heavy atom. The standard InChI is InChI=1S/C13H15FN2/c14-11-6-10(7-15-8-11)12-4-3-9-2-1-5-16-13(9)12/h4,6-9,13,16H,1-3,5H2/t9-,13-/m0/s1. The van der Waals surface area contributed by atoms with Gasteiger partial charge in [0.1, 0.15) is 5.82 Å². The van der Waals surface area contributed by atoms with Gasteiger partial charge in [-0.05, 0) is 43.4 Å². The summed E-state index contributed by atoms with van der Waals surface area (Å²) in [6.07, 6.45) is 8.90. The van der Waals surface area contributed by atoms with Gasteiger partial charge < -0.3 is 5.32 Å².